The number of allylic oxidation sites excluding steroid dienone is 1. The van der Waals surface area contributed by atoms with E-state index in [1.54, 1.807) is 0 Å². The van der Waals surface area contributed by atoms with Gasteiger partial charge >= 0.3 is 0 Å². The van der Waals surface area contributed by atoms with Gasteiger partial charge in [-0.25, -0.2) is 0 Å². The van der Waals surface area contributed by atoms with Crippen LogP contribution in [-0.2, 0) is 0 Å². The van der Waals surface area contributed by atoms with Crippen LogP contribution < -0.4 is 4.90 Å². The molecule has 1 heteroatoms. The van der Waals surface area contributed by atoms with E-state index < -0.39 is 0 Å². The average Bonchev–Trinajstić information content (AvgIpc) is 3.21. The van der Waals surface area contributed by atoms with Gasteiger partial charge in [0.2, 0.25) is 0 Å². The first-order chi connectivity index (χ1) is 25.7. The van der Waals surface area contributed by atoms with Crippen molar-refractivity contribution in [1.82, 2.24) is 0 Å². The Morgan fingerprint density at radius 1 is 0.442 bits per heavy atom. The van der Waals surface area contributed by atoms with Crippen molar-refractivity contribution >= 4 is 66.2 Å². The van der Waals surface area contributed by atoms with Crippen molar-refractivity contribution in [3.8, 4) is 22.3 Å². The number of benzene rings is 9. The van der Waals surface area contributed by atoms with Crippen LogP contribution in [-0.4, -0.2) is 0 Å². The van der Waals surface area contributed by atoms with Gasteiger partial charge in [-0.15, -0.1) is 0 Å². The number of rotatable bonds is 5. The summed E-state index contributed by atoms with van der Waals surface area (Å²) >= 11 is 0. The Morgan fingerprint density at radius 2 is 1.04 bits per heavy atom. The van der Waals surface area contributed by atoms with E-state index in [0.717, 1.165) is 17.8 Å². The number of hydrogen-bond donors (Lipinski definition) is 0. The maximum Gasteiger partial charge on any atom is 0.0546 e. The lowest BCUT2D eigenvalue weighted by Gasteiger charge is -2.29. The fourth-order valence-corrected chi connectivity index (χ4v) is 8.70. The number of nitrogens with zero attached hydrogens (tertiary/aromatic N) is 1. The lowest BCUT2D eigenvalue weighted by atomic mass is 9.76. The van der Waals surface area contributed by atoms with Crippen LogP contribution in [0.5, 0.6) is 0 Å². The third kappa shape index (κ3) is 4.85. The molecule has 0 saturated heterocycles. The zero-order valence-corrected chi connectivity index (χ0v) is 29.1. The van der Waals surface area contributed by atoms with E-state index in [9.17, 15) is 0 Å². The molecule has 9 aromatic rings. The van der Waals surface area contributed by atoms with E-state index in [1.807, 2.05) is 0 Å². The van der Waals surface area contributed by atoms with E-state index >= 15 is 0 Å². The van der Waals surface area contributed by atoms with Gasteiger partial charge in [-0.2, -0.15) is 0 Å². The summed E-state index contributed by atoms with van der Waals surface area (Å²) < 4.78 is 0. The predicted octanol–water partition coefficient (Wildman–Crippen LogP) is 14.6. The third-order valence-corrected chi connectivity index (χ3v) is 11.0. The SMILES string of the molecule is CC1CC=Cc2c1c(-c1ccccc1)c(-c1ccc(N(c3cccc4ccccc34)c3cc4ccccc4c4ccccc34)cc1)c1ccccc21. The van der Waals surface area contributed by atoms with Gasteiger partial charge in [0.1, 0.15) is 0 Å². The van der Waals surface area contributed by atoms with Crippen LogP contribution in [0.4, 0.5) is 17.1 Å². The maximum absolute atomic E-state index is 2.47. The topological polar surface area (TPSA) is 3.24 Å². The quantitative estimate of drug-likeness (QED) is 0.166. The Bertz CT molecular complexity index is 2820. The van der Waals surface area contributed by atoms with Gasteiger partial charge in [0.05, 0.1) is 11.4 Å². The average molecular weight is 664 g/mol. The van der Waals surface area contributed by atoms with Gasteiger partial charge in [-0.05, 0) is 102 Å². The highest BCUT2D eigenvalue weighted by molar-refractivity contribution is 6.16. The molecule has 0 saturated carbocycles. The molecular formula is C51H37N. The Labute approximate surface area is 304 Å². The van der Waals surface area contributed by atoms with E-state index in [2.05, 4.69) is 200 Å². The van der Waals surface area contributed by atoms with Crippen molar-refractivity contribution in [3.63, 3.8) is 0 Å². The number of fused-ring (bicyclic) bond motifs is 7. The van der Waals surface area contributed by atoms with Crippen LogP contribution in [0, 0.1) is 0 Å². The van der Waals surface area contributed by atoms with Crippen LogP contribution in [0.3, 0.4) is 0 Å². The van der Waals surface area contributed by atoms with Crippen LogP contribution in [0.2, 0.25) is 0 Å². The van der Waals surface area contributed by atoms with Crippen molar-refractivity contribution in [2.75, 3.05) is 4.90 Å². The second-order valence-electron chi connectivity index (χ2n) is 14.1. The summed E-state index contributed by atoms with van der Waals surface area (Å²) in [5.41, 5.74) is 11.4. The fourth-order valence-electron chi connectivity index (χ4n) is 8.70. The highest BCUT2D eigenvalue weighted by Gasteiger charge is 2.26. The minimum absolute atomic E-state index is 0.417. The van der Waals surface area contributed by atoms with E-state index in [1.165, 1.54) is 82.2 Å². The largest absolute Gasteiger partial charge is 0.309 e. The number of hydrogen-bond acceptors (Lipinski definition) is 1. The van der Waals surface area contributed by atoms with Crippen LogP contribution in [0.1, 0.15) is 30.4 Å². The molecule has 1 aliphatic carbocycles. The van der Waals surface area contributed by atoms with Crippen molar-refractivity contribution in [2.45, 2.75) is 19.3 Å². The van der Waals surface area contributed by atoms with E-state index in [4.69, 9.17) is 0 Å². The lowest BCUT2D eigenvalue weighted by Crippen LogP contribution is -2.11. The monoisotopic (exact) mass is 663 g/mol. The zero-order valence-electron chi connectivity index (χ0n) is 29.1. The second kappa shape index (κ2) is 12.4. The summed E-state index contributed by atoms with van der Waals surface area (Å²) in [6.07, 6.45) is 5.75. The summed E-state index contributed by atoms with van der Waals surface area (Å²) in [4.78, 5) is 2.47. The molecule has 1 unspecified atom stereocenters. The molecule has 1 nitrogen and oxygen atoms in total. The molecule has 9 aromatic carbocycles. The Kier molecular flexibility index (Phi) is 7.25. The van der Waals surface area contributed by atoms with E-state index in [-0.39, 0.29) is 0 Å². The Balaban J connectivity index is 1.24. The molecule has 246 valence electrons. The van der Waals surface area contributed by atoms with Crippen molar-refractivity contribution in [2.24, 2.45) is 0 Å². The molecule has 1 aliphatic rings. The molecule has 0 amide bonds. The molecule has 0 aliphatic heterocycles. The molecule has 0 fully saturated rings. The summed E-state index contributed by atoms with van der Waals surface area (Å²) in [6.45, 7) is 2.38. The standard InChI is InChI=1S/C51H37N/c1-34-15-13-27-45-43-24-10-12-26-46(43)50(51(49(34)45)36-17-3-2-4-18-36)37-29-31-39(32-30-37)52(47-28-14-20-35-16-5-8-22-41(35)47)48-33-38-19-6-7-21-40(38)42-23-9-11-25-44(42)48/h2-14,16-34H,15H2,1H3. The molecule has 0 radical (unpaired) electrons. The minimum Gasteiger partial charge on any atom is -0.309 e. The lowest BCUT2D eigenvalue weighted by molar-refractivity contribution is 0.776. The summed E-state index contributed by atoms with van der Waals surface area (Å²) in [7, 11) is 0. The molecule has 52 heavy (non-hydrogen) atoms. The first-order valence-electron chi connectivity index (χ1n) is 18.3. The first kappa shape index (κ1) is 30.4. The predicted molar refractivity (Wildman–Crippen MR) is 224 cm³/mol. The molecule has 1 atom stereocenters. The molecule has 0 bridgehead atoms. The van der Waals surface area contributed by atoms with Gasteiger partial charge in [0.15, 0.2) is 0 Å². The smallest absolute Gasteiger partial charge is 0.0546 e. The Hall–Kier alpha value is -6.44. The molecule has 0 spiro atoms. The van der Waals surface area contributed by atoms with Gasteiger partial charge in [-0.3, -0.25) is 0 Å². The first-order valence-corrected chi connectivity index (χ1v) is 18.3. The van der Waals surface area contributed by atoms with Gasteiger partial charge < -0.3 is 4.90 Å². The number of anilines is 3. The Morgan fingerprint density at radius 3 is 1.83 bits per heavy atom. The van der Waals surface area contributed by atoms with Crippen molar-refractivity contribution < 1.29 is 0 Å². The normalized spacial score (nSPS) is 13.9. The van der Waals surface area contributed by atoms with Gasteiger partial charge in [0.25, 0.3) is 0 Å². The summed E-state index contributed by atoms with van der Waals surface area (Å²) in [5, 5.41) is 10.0. The van der Waals surface area contributed by atoms with E-state index in [0.29, 0.717) is 5.92 Å². The fraction of sp³-hybridized carbons (Fsp3) is 0.0588. The van der Waals surface area contributed by atoms with Crippen LogP contribution >= 0.6 is 0 Å². The molecule has 0 aromatic heterocycles. The highest BCUT2D eigenvalue weighted by Crippen LogP contribution is 2.49. The highest BCUT2D eigenvalue weighted by atomic mass is 15.1. The maximum atomic E-state index is 2.47. The van der Waals surface area contributed by atoms with Crippen molar-refractivity contribution in [1.29, 1.82) is 0 Å². The van der Waals surface area contributed by atoms with Gasteiger partial charge in [0, 0.05) is 16.5 Å². The molecule has 0 N–H and O–H groups in total. The van der Waals surface area contributed by atoms with Gasteiger partial charge in [-0.1, -0.05) is 171 Å². The summed E-state index contributed by atoms with van der Waals surface area (Å²) in [5.74, 6) is 0.417. The zero-order chi connectivity index (χ0) is 34.6. The second-order valence-corrected chi connectivity index (χ2v) is 14.1. The molecule has 10 rings (SSSR count). The van der Waals surface area contributed by atoms with Crippen LogP contribution in [0.15, 0.2) is 182 Å². The van der Waals surface area contributed by atoms with Crippen LogP contribution in [0.25, 0.3) is 71.4 Å². The third-order valence-electron chi connectivity index (χ3n) is 11.0. The molecule has 0 heterocycles. The molecular weight excluding hydrogens is 627 g/mol. The minimum atomic E-state index is 0.417. The summed E-state index contributed by atoms with van der Waals surface area (Å²) in [6, 6.07) is 64.7. The van der Waals surface area contributed by atoms with Crippen molar-refractivity contribution in [3.05, 3.63) is 193 Å².